The van der Waals surface area contributed by atoms with Crippen molar-refractivity contribution in [1.82, 2.24) is 5.32 Å². The second kappa shape index (κ2) is 7.30. The smallest absolute Gasteiger partial charge is 0.0484 e. The van der Waals surface area contributed by atoms with Gasteiger partial charge in [0.1, 0.15) is 0 Å². The molecule has 0 fully saturated rings. The number of para-hydroxylation sites is 2. The van der Waals surface area contributed by atoms with Crippen molar-refractivity contribution in [2.75, 3.05) is 25.0 Å². The van der Waals surface area contributed by atoms with Crippen LogP contribution in [0.2, 0.25) is 0 Å². The number of rotatable bonds is 4. The zero-order chi connectivity index (χ0) is 13.8. The molecule has 1 aliphatic heterocycles. The van der Waals surface area contributed by atoms with Crippen molar-refractivity contribution in [3.63, 3.8) is 0 Å². The first-order valence-corrected chi connectivity index (χ1v) is 7.18. The predicted octanol–water partition coefficient (Wildman–Crippen LogP) is 4.34. The number of nitrogens with one attached hydrogen (secondary N) is 1. The van der Waals surface area contributed by atoms with E-state index in [-0.39, 0.29) is 12.4 Å². The molecule has 2 aromatic rings. The summed E-state index contributed by atoms with van der Waals surface area (Å²) in [6, 6.07) is 17.2. The van der Waals surface area contributed by atoms with Crippen molar-refractivity contribution in [3.05, 3.63) is 59.7 Å². The molecule has 0 radical (unpaired) electrons. The molecule has 3 rings (SSSR count). The normalized spacial score (nSPS) is 12.1. The Bertz CT molecular complexity index is 573. The van der Waals surface area contributed by atoms with E-state index in [1.807, 2.05) is 7.05 Å². The maximum Gasteiger partial charge on any atom is 0.0484 e. The predicted molar refractivity (Wildman–Crippen MR) is 94.6 cm³/mol. The lowest BCUT2D eigenvalue weighted by molar-refractivity contribution is 0.723. The van der Waals surface area contributed by atoms with Gasteiger partial charge < -0.3 is 10.2 Å². The van der Waals surface area contributed by atoms with Gasteiger partial charge in [-0.05, 0) is 43.3 Å². The molecule has 0 spiro atoms. The van der Waals surface area contributed by atoms with E-state index in [4.69, 9.17) is 0 Å². The Morgan fingerprint density at radius 1 is 0.857 bits per heavy atom. The van der Waals surface area contributed by atoms with Crippen LogP contribution in [0.15, 0.2) is 48.5 Å². The third kappa shape index (κ3) is 3.29. The minimum atomic E-state index is 0. The van der Waals surface area contributed by atoms with Crippen LogP contribution in [0.1, 0.15) is 17.5 Å². The lowest BCUT2D eigenvalue weighted by atomic mass is 10.1. The Labute approximate surface area is 132 Å². The Balaban J connectivity index is 0.00000161. The first-order chi connectivity index (χ1) is 9.90. The highest BCUT2D eigenvalue weighted by Gasteiger charge is 2.16. The number of halogens is 1. The number of benzene rings is 2. The highest BCUT2D eigenvalue weighted by molar-refractivity contribution is 5.88. The van der Waals surface area contributed by atoms with Crippen LogP contribution < -0.4 is 10.2 Å². The summed E-state index contributed by atoms with van der Waals surface area (Å²) < 4.78 is 0. The van der Waals surface area contributed by atoms with Gasteiger partial charge in [-0.25, -0.2) is 0 Å². The van der Waals surface area contributed by atoms with Crippen LogP contribution in [0, 0.1) is 0 Å². The number of nitrogens with zero attached hydrogens (tertiary/aromatic N) is 1. The van der Waals surface area contributed by atoms with Crippen LogP contribution in [-0.4, -0.2) is 20.1 Å². The molecule has 3 heteroatoms. The number of hydrogen-bond acceptors (Lipinski definition) is 2. The number of hydrogen-bond donors (Lipinski definition) is 1. The Kier molecular flexibility index (Phi) is 5.43. The summed E-state index contributed by atoms with van der Waals surface area (Å²) in [6.07, 6.45) is 5.55. The molecule has 0 amide bonds. The van der Waals surface area contributed by atoms with E-state index >= 15 is 0 Å². The Morgan fingerprint density at radius 3 is 1.90 bits per heavy atom. The summed E-state index contributed by atoms with van der Waals surface area (Å²) in [5.41, 5.74) is 5.16. The SMILES string of the molecule is CNCCCN1c2ccccc2C=Cc2ccccc21.Cl. The average Bonchev–Trinajstić information content (AvgIpc) is 2.66. The third-order valence-corrected chi connectivity index (χ3v) is 3.71. The molecule has 1 N–H and O–H groups in total. The molecule has 110 valence electrons. The van der Waals surface area contributed by atoms with E-state index in [2.05, 4.69) is 70.9 Å². The van der Waals surface area contributed by atoms with Crippen LogP contribution in [0.25, 0.3) is 12.2 Å². The van der Waals surface area contributed by atoms with Gasteiger partial charge >= 0.3 is 0 Å². The van der Waals surface area contributed by atoms with Crippen LogP contribution in [0.3, 0.4) is 0 Å². The van der Waals surface area contributed by atoms with E-state index in [1.54, 1.807) is 0 Å². The van der Waals surface area contributed by atoms with Gasteiger partial charge in [0.25, 0.3) is 0 Å². The zero-order valence-electron chi connectivity index (χ0n) is 12.3. The number of anilines is 2. The highest BCUT2D eigenvalue weighted by Crippen LogP contribution is 2.35. The monoisotopic (exact) mass is 300 g/mol. The van der Waals surface area contributed by atoms with E-state index in [0.717, 1.165) is 19.5 Å². The van der Waals surface area contributed by atoms with Crippen LogP contribution in [0.5, 0.6) is 0 Å². The molecule has 21 heavy (non-hydrogen) atoms. The quantitative estimate of drug-likeness (QED) is 0.845. The van der Waals surface area contributed by atoms with E-state index in [1.165, 1.54) is 22.5 Å². The maximum absolute atomic E-state index is 3.23. The summed E-state index contributed by atoms with van der Waals surface area (Å²) in [6.45, 7) is 2.06. The van der Waals surface area contributed by atoms with Crippen LogP contribution in [0.4, 0.5) is 11.4 Å². The summed E-state index contributed by atoms with van der Waals surface area (Å²) >= 11 is 0. The van der Waals surface area contributed by atoms with Crippen molar-refractivity contribution in [3.8, 4) is 0 Å². The van der Waals surface area contributed by atoms with E-state index < -0.39 is 0 Å². The standard InChI is InChI=1S/C18H20N2.ClH/c1-19-13-6-14-20-17-9-4-2-7-15(17)11-12-16-8-3-5-10-18(16)20;/h2-5,7-12,19H,6,13-14H2,1H3;1H. The van der Waals surface area contributed by atoms with Gasteiger partial charge in [0.15, 0.2) is 0 Å². The average molecular weight is 301 g/mol. The highest BCUT2D eigenvalue weighted by atomic mass is 35.5. The molecule has 0 bridgehead atoms. The fourth-order valence-corrected chi connectivity index (χ4v) is 2.71. The number of fused-ring (bicyclic) bond motifs is 2. The van der Waals surface area contributed by atoms with Gasteiger partial charge in [-0.2, -0.15) is 0 Å². The Morgan fingerprint density at radius 2 is 1.38 bits per heavy atom. The van der Waals surface area contributed by atoms with Crippen molar-refractivity contribution in [2.45, 2.75) is 6.42 Å². The lowest BCUT2D eigenvalue weighted by Crippen LogP contribution is -2.22. The lowest BCUT2D eigenvalue weighted by Gasteiger charge is -2.27. The maximum atomic E-state index is 3.23. The topological polar surface area (TPSA) is 15.3 Å². The van der Waals surface area contributed by atoms with Crippen molar-refractivity contribution in [1.29, 1.82) is 0 Å². The van der Waals surface area contributed by atoms with Gasteiger partial charge in [0.2, 0.25) is 0 Å². The molecule has 0 saturated carbocycles. The van der Waals surface area contributed by atoms with Crippen molar-refractivity contribution in [2.24, 2.45) is 0 Å². The largest absolute Gasteiger partial charge is 0.340 e. The van der Waals surface area contributed by atoms with Crippen LogP contribution >= 0.6 is 12.4 Å². The van der Waals surface area contributed by atoms with Crippen molar-refractivity contribution < 1.29 is 0 Å². The first kappa shape index (κ1) is 15.6. The van der Waals surface area contributed by atoms with Gasteiger partial charge in [0.05, 0.1) is 0 Å². The third-order valence-electron chi connectivity index (χ3n) is 3.71. The van der Waals surface area contributed by atoms with Gasteiger partial charge in [-0.1, -0.05) is 48.6 Å². The molecule has 0 saturated heterocycles. The second-order valence-corrected chi connectivity index (χ2v) is 5.06. The fourth-order valence-electron chi connectivity index (χ4n) is 2.71. The molecule has 2 aromatic carbocycles. The molecule has 0 unspecified atom stereocenters. The van der Waals surface area contributed by atoms with Crippen LogP contribution in [-0.2, 0) is 0 Å². The summed E-state index contributed by atoms with van der Waals surface area (Å²) in [4.78, 5) is 2.43. The minimum absolute atomic E-state index is 0. The molecular formula is C18H21ClN2. The molecule has 2 nitrogen and oxygen atoms in total. The molecule has 0 atom stereocenters. The second-order valence-electron chi connectivity index (χ2n) is 5.06. The first-order valence-electron chi connectivity index (χ1n) is 7.18. The van der Waals surface area contributed by atoms with Gasteiger partial charge in [-0.15, -0.1) is 12.4 Å². The molecule has 0 aliphatic carbocycles. The summed E-state index contributed by atoms with van der Waals surface area (Å²) in [5, 5.41) is 3.23. The van der Waals surface area contributed by atoms with E-state index in [0.29, 0.717) is 0 Å². The fraction of sp³-hybridized carbons (Fsp3) is 0.222. The molecule has 1 heterocycles. The summed E-state index contributed by atoms with van der Waals surface area (Å²) in [7, 11) is 2.01. The summed E-state index contributed by atoms with van der Waals surface area (Å²) in [5.74, 6) is 0. The zero-order valence-corrected chi connectivity index (χ0v) is 13.1. The molecular weight excluding hydrogens is 280 g/mol. The minimum Gasteiger partial charge on any atom is -0.340 e. The van der Waals surface area contributed by atoms with Gasteiger partial charge in [-0.3, -0.25) is 0 Å². The Hall–Kier alpha value is -1.77. The van der Waals surface area contributed by atoms with Gasteiger partial charge in [0, 0.05) is 17.9 Å². The van der Waals surface area contributed by atoms with E-state index in [9.17, 15) is 0 Å². The van der Waals surface area contributed by atoms with Crippen molar-refractivity contribution >= 4 is 35.9 Å². The molecule has 1 aliphatic rings. The molecule has 0 aromatic heterocycles.